The second-order valence-electron chi connectivity index (χ2n) is 6.85. The quantitative estimate of drug-likeness (QED) is 0.468. The summed E-state index contributed by atoms with van der Waals surface area (Å²) in [6.07, 6.45) is 0. The number of nitrogens with one attached hydrogen (secondary N) is 1. The van der Waals surface area contributed by atoms with E-state index in [0.717, 1.165) is 0 Å². The summed E-state index contributed by atoms with van der Waals surface area (Å²) in [5.74, 6) is -1.71. The van der Waals surface area contributed by atoms with Gasteiger partial charge in [-0.2, -0.15) is 0 Å². The van der Waals surface area contributed by atoms with E-state index < -0.39 is 24.3 Å². The number of carbonyl (C=O) groups is 3. The van der Waals surface area contributed by atoms with Crippen LogP contribution in [0.2, 0.25) is 0 Å². The van der Waals surface area contributed by atoms with Crippen molar-refractivity contribution in [1.29, 1.82) is 0 Å². The minimum Gasteiger partial charge on any atom is -0.462 e. The molecule has 0 bridgehead atoms. The minimum atomic E-state index is -0.714. The predicted molar refractivity (Wildman–Crippen MR) is 109 cm³/mol. The van der Waals surface area contributed by atoms with Gasteiger partial charge in [-0.3, -0.25) is 18.7 Å². The summed E-state index contributed by atoms with van der Waals surface area (Å²) >= 11 is 0. The van der Waals surface area contributed by atoms with Gasteiger partial charge in [-0.05, 0) is 38.5 Å². The van der Waals surface area contributed by atoms with Gasteiger partial charge < -0.3 is 14.5 Å². The number of benzene rings is 1. The highest BCUT2D eigenvalue weighted by molar-refractivity contribution is 6.02. The lowest BCUT2D eigenvalue weighted by Crippen LogP contribution is -2.27. The Labute approximate surface area is 172 Å². The first kappa shape index (κ1) is 21.1. The summed E-state index contributed by atoms with van der Waals surface area (Å²) in [6, 6.07) is 7.08. The van der Waals surface area contributed by atoms with Crippen LogP contribution in [0.4, 0.5) is 0 Å². The molecule has 0 atom stereocenters. The lowest BCUT2D eigenvalue weighted by Gasteiger charge is -2.06. The first-order chi connectivity index (χ1) is 14.3. The van der Waals surface area contributed by atoms with Crippen LogP contribution in [0.1, 0.15) is 39.0 Å². The number of H-pyrrole nitrogens is 1. The molecule has 0 saturated heterocycles. The van der Waals surface area contributed by atoms with Crippen molar-refractivity contribution in [3.8, 4) is 0 Å². The zero-order valence-corrected chi connectivity index (χ0v) is 17.3. The van der Waals surface area contributed by atoms with E-state index in [4.69, 9.17) is 9.47 Å². The van der Waals surface area contributed by atoms with Crippen molar-refractivity contribution in [3.05, 3.63) is 57.3 Å². The number of ether oxygens (including phenoxy) is 2. The molecular weight excluding hydrogens is 390 g/mol. The molecule has 0 fully saturated rings. The number of aromatic amines is 1. The molecule has 0 amide bonds. The monoisotopic (exact) mass is 413 g/mol. The normalized spacial score (nSPS) is 10.9. The molecule has 0 radical (unpaired) electrons. The van der Waals surface area contributed by atoms with E-state index in [2.05, 4.69) is 4.98 Å². The van der Waals surface area contributed by atoms with Crippen LogP contribution in [0.25, 0.3) is 11.0 Å². The predicted octanol–water partition coefficient (Wildman–Crippen LogP) is 1.89. The highest BCUT2D eigenvalue weighted by Gasteiger charge is 2.23. The molecule has 2 aromatic heterocycles. The molecule has 0 aliphatic rings. The molecule has 3 aromatic rings. The van der Waals surface area contributed by atoms with Gasteiger partial charge in [0.25, 0.3) is 0 Å². The Morgan fingerprint density at radius 1 is 1.07 bits per heavy atom. The first-order valence-corrected chi connectivity index (χ1v) is 9.45. The van der Waals surface area contributed by atoms with Crippen LogP contribution in [0.15, 0.2) is 29.1 Å². The summed E-state index contributed by atoms with van der Waals surface area (Å²) < 4.78 is 12.8. The van der Waals surface area contributed by atoms with Crippen molar-refractivity contribution < 1.29 is 23.9 Å². The molecule has 0 aliphatic carbocycles. The van der Waals surface area contributed by atoms with E-state index in [1.54, 1.807) is 52.1 Å². The molecule has 1 N–H and O–H groups in total. The Kier molecular flexibility index (Phi) is 5.91. The van der Waals surface area contributed by atoms with E-state index >= 15 is 0 Å². The number of aryl methyl sites for hydroxylation is 2. The SMILES string of the molecule is CCOC(=O)c1c(C)[nH]c(C(=O)COC(=O)Cn2c(=O)n(C)c3ccccc32)c1C. The maximum atomic E-state index is 12.5. The second-order valence-corrected chi connectivity index (χ2v) is 6.85. The Morgan fingerprint density at radius 2 is 1.73 bits per heavy atom. The Hall–Kier alpha value is -3.62. The summed E-state index contributed by atoms with van der Waals surface area (Å²) in [4.78, 5) is 52.1. The van der Waals surface area contributed by atoms with Gasteiger partial charge in [0, 0.05) is 12.7 Å². The molecule has 30 heavy (non-hydrogen) atoms. The van der Waals surface area contributed by atoms with Gasteiger partial charge in [-0.25, -0.2) is 9.59 Å². The third-order valence-electron chi connectivity index (χ3n) is 4.90. The number of aromatic nitrogens is 3. The molecule has 1 aromatic carbocycles. The van der Waals surface area contributed by atoms with Gasteiger partial charge in [0.15, 0.2) is 6.61 Å². The number of fused-ring (bicyclic) bond motifs is 1. The number of imidazole rings is 1. The van der Waals surface area contributed by atoms with Crippen molar-refractivity contribution in [1.82, 2.24) is 14.1 Å². The van der Waals surface area contributed by atoms with E-state index in [1.807, 2.05) is 0 Å². The largest absolute Gasteiger partial charge is 0.462 e. The average Bonchev–Trinajstić information content (AvgIpc) is 3.15. The molecule has 0 aliphatic heterocycles. The number of ketones is 1. The smallest absolute Gasteiger partial charge is 0.340 e. The zero-order chi connectivity index (χ0) is 22.0. The fourth-order valence-corrected chi connectivity index (χ4v) is 3.45. The van der Waals surface area contributed by atoms with Gasteiger partial charge in [-0.1, -0.05) is 12.1 Å². The van der Waals surface area contributed by atoms with Crippen LogP contribution in [-0.2, 0) is 27.9 Å². The fourth-order valence-electron chi connectivity index (χ4n) is 3.45. The van der Waals surface area contributed by atoms with Crippen LogP contribution in [-0.4, -0.2) is 45.1 Å². The number of Topliss-reactive ketones (excluding diaryl/α,β-unsaturated/α-hetero) is 1. The molecule has 9 heteroatoms. The maximum Gasteiger partial charge on any atom is 0.340 e. The summed E-state index contributed by atoms with van der Waals surface area (Å²) in [5, 5.41) is 0. The average molecular weight is 413 g/mol. The Bertz CT molecular complexity index is 1200. The number of para-hydroxylation sites is 2. The standard InChI is InChI=1S/C21H23N3O6/c1-5-29-20(27)18-12(2)19(22-13(18)3)16(25)11-30-17(26)10-24-15-9-7-6-8-14(15)23(4)21(24)28/h6-9,22H,5,10-11H2,1-4H3. The topological polar surface area (TPSA) is 112 Å². The molecule has 9 nitrogen and oxygen atoms in total. The van der Waals surface area contributed by atoms with Gasteiger partial charge in [0.2, 0.25) is 5.78 Å². The molecule has 0 saturated carbocycles. The Balaban J connectivity index is 1.71. The first-order valence-electron chi connectivity index (χ1n) is 9.45. The third kappa shape index (κ3) is 3.78. The molecular formula is C21H23N3O6. The highest BCUT2D eigenvalue weighted by Crippen LogP contribution is 2.19. The number of nitrogens with zero attached hydrogens (tertiary/aromatic N) is 2. The zero-order valence-electron chi connectivity index (χ0n) is 17.3. The molecule has 0 spiro atoms. The van der Waals surface area contributed by atoms with E-state index in [9.17, 15) is 19.2 Å². The lowest BCUT2D eigenvalue weighted by atomic mass is 10.1. The summed E-state index contributed by atoms with van der Waals surface area (Å²) in [7, 11) is 1.62. The van der Waals surface area contributed by atoms with Crippen molar-refractivity contribution in [2.75, 3.05) is 13.2 Å². The van der Waals surface area contributed by atoms with Crippen molar-refractivity contribution in [3.63, 3.8) is 0 Å². The van der Waals surface area contributed by atoms with E-state index in [1.165, 1.54) is 9.13 Å². The number of carbonyl (C=O) groups excluding carboxylic acids is 3. The summed E-state index contributed by atoms with van der Waals surface area (Å²) in [6.45, 7) is 4.38. The van der Waals surface area contributed by atoms with Crippen LogP contribution in [0, 0.1) is 13.8 Å². The van der Waals surface area contributed by atoms with Crippen LogP contribution in [0.3, 0.4) is 0 Å². The Morgan fingerprint density at radius 3 is 2.40 bits per heavy atom. The molecule has 2 heterocycles. The number of hydrogen-bond acceptors (Lipinski definition) is 6. The molecule has 158 valence electrons. The van der Waals surface area contributed by atoms with Crippen LogP contribution >= 0.6 is 0 Å². The van der Waals surface area contributed by atoms with Crippen LogP contribution in [0.5, 0.6) is 0 Å². The fraction of sp³-hybridized carbons (Fsp3) is 0.333. The van der Waals surface area contributed by atoms with Crippen molar-refractivity contribution in [2.24, 2.45) is 7.05 Å². The third-order valence-corrected chi connectivity index (χ3v) is 4.90. The lowest BCUT2D eigenvalue weighted by molar-refractivity contribution is -0.143. The number of hydrogen-bond donors (Lipinski definition) is 1. The van der Waals surface area contributed by atoms with Crippen LogP contribution < -0.4 is 5.69 Å². The van der Waals surface area contributed by atoms with Gasteiger partial charge in [-0.15, -0.1) is 0 Å². The second kappa shape index (κ2) is 8.40. The maximum absolute atomic E-state index is 12.5. The van der Waals surface area contributed by atoms with E-state index in [-0.39, 0.29) is 24.5 Å². The number of rotatable bonds is 7. The van der Waals surface area contributed by atoms with Gasteiger partial charge in [0.05, 0.1) is 28.9 Å². The summed E-state index contributed by atoms with van der Waals surface area (Å²) in [5.41, 5.74) is 2.37. The van der Waals surface area contributed by atoms with Gasteiger partial charge >= 0.3 is 17.6 Å². The van der Waals surface area contributed by atoms with Crippen molar-refractivity contribution >= 4 is 28.8 Å². The molecule has 3 rings (SSSR count). The highest BCUT2D eigenvalue weighted by atomic mass is 16.5. The van der Waals surface area contributed by atoms with Gasteiger partial charge in [0.1, 0.15) is 6.54 Å². The van der Waals surface area contributed by atoms with E-state index in [0.29, 0.717) is 27.9 Å². The van der Waals surface area contributed by atoms with Crippen molar-refractivity contribution in [2.45, 2.75) is 27.3 Å². The molecule has 0 unspecified atom stereocenters. The number of esters is 2. The minimum absolute atomic E-state index is 0.186.